The molecule has 19 heavy (non-hydrogen) atoms. The van der Waals surface area contributed by atoms with E-state index in [1.54, 1.807) is 7.11 Å². The van der Waals surface area contributed by atoms with Gasteiger partial charge in [-0.3, -0.25) is 4.79 Å². The fourth-order valence-electron chi connectivity index (χ4n) is 1.79. The number of amides is 1. The maximum Gasteiger partial charge on any atom is 0.220 e. The minimum absolute atomic E-state index is 0.0989. The van der Waals surface area contributed by atoms with Crippen LogP contribution in [0.15, 0.2) is 24.3 Å². The molecule has 1 N–H and O–H groups in total. The molecule has 1 aromatic rings. The van der Waals surface area contributed by atoms with Crippen molar-refractivity contribution in [2.45, 2.75) is 38.6 Å². The van der Waals surface area contributed by atoms with Crippen LogP contribution >= 0.6 is 15.9 Å². The number of alkyl halides is 1. The molecule has 0 bridgehead atoms. The molecule has 0 aromatic heterocycles. The molecule has 0 fully saturated rings. The van der Waals surface area contributed by atoms with Crippen molar-refractivity contribution in [2.24, 2.45) is 0 Å². The van der Waals surface area contributed by atoms with Crippen LogP contribution < -0.4 is 10.1 Å². The zero-order valence-electron chi connectivity index (χ0n) is 11.8. The summed E-state index contributed by atoms with van der Waals surface area (Å²) in [6.45, 7) is 4.08. The van der Waals surface area contributed by atoms with Crippen LogP contribution in [-0.4, -0.2) is 23.9 Å². The van der Waals surface area contributed by atoms with Gasteiger partial charge in [0, 0.05) is 17.3 Å². The molecule has 3 nitrogen and oxygen atoms in total. The van der Waals surface area contributed by atoms with E-state index in [0.717, 1.165) is 29.5 Å². The molecule has 0 spiro atoms. The van der Waals surface area contributed by atoms with Crippen LogP contribution in [0.4, 0.5) is 0 Å². The maximum atomic E-state index is 11.9. The lowest BCUT2D eigenvalue weighted by molar-refractivity contribution is -0.122. The summed E-state index contributed by atoms with van der Waals surface area (Å²) in [7, 11) is 1.65. The van der Waals surface area contributed by atoms with Gasteiger partial charge in [-0.2, -0.15) is 0 Å². The lowest BCUT2D eigenvalue weighted by atomic mass is 10.0. The van der Waals surface area contributed by atoms with Gasteiger partial charge in [-0.05, 0) is 44.4 Å². The monoisotopic (exact) mass is 327 g/mol. The van der Waals surface area contributed by atoms with Crippen LogP contribution in [0.1, 0.15) is 32.3 Å². The van der Waals surface area contributed by atoms with Gasteiger partial charge in [0.1, 0.15) is 5.75 Å². The minimum atomic E-state index is -0.152. The fourth-order valence-corrected chi connectivity index (χ4v) is 2.78. The largest absolute Gasteiger partial charge is 0.497 e. The zero-order chi connectivity index (χ0) is 14.3. The standard InChI is InChI=1S/C15H22BrNO2/c1-15(2,10-11-16)17-14(18)9-6-12-4-7-13(19-3)8-5-12/h4-5,7-8H,6,9-11H2,1-3H3,(H,17,18). The van der Waals surface area contributed by atoms with E-state index in [9.17, 15) is 4.79 Å². The molecular formula is C15H22BrNO2. The van der Waals surface area contributed by atoms with Crippen LogP contribution in [0.25, 0.3) is 0 Å². The molecule has 0 saturated carbocycles. The third-order valence-corrected chi connectivity index (χ3v) is 3.39. The number of hydrogen-bond acceptors (Lipinski definition) is 2. The first-order valence-electron chi connectivity index (χ1n) is 6.47. The Morgan fingerprint density at radius 1 is 1.32 bits per heavy atom. The highest BCUT2D eigenvalue weighted by atomic mass is 79.9. The van der Waals surface area contributed by atoms with Gasteiger partial charge in [0.2, 0.25) is 5.91 Å². The Kier molecular flexibility index (Phi) is 6.35. The number of hydrogen-bond donors (Lipinski definition) is 1. The first-order valence-corrected chi connectivity index (χ1v) is 7.59. The Balaban J connectivity index is 2.41. The van der Waals surface area contributed by atoms with Crippen molar-refractivity contribution in [2.75, 3.05) is 12.4 Å². The quantitative estimate of drug-likeness (QED) is 0.780. The van der Waals surface area contributed by atoms with E-state index in [1.807, 2.05) is 38.1 Å². The summed E-state index contributed by atoms with van der Waals surface area (Å²) in [5.74, 6) is 0.938. The molecular weight excluding hydrogens is 306 g/mol. The maximum absolute atomic E-state index is 11.9. The van der Waals surface area contributed by atoms with E-state index in [1.165, 1.54) is 0 Å². The third-order valence-electron chi connectivity index (χ3n) is 3.00. The molecule has 1 rings (SSSR count). The number of rotatable bonds is 7. The molecule has 1 amide bonds. The van der Waals surface area contributed by atoms with Crippen molar-refractivity contribution in [3.05, 3.63) is 29.8 Å². The summed E-state index contributed by atoms with van der Waals surface area (Å²) >= 11 is 3.40. The number of ether oxygens (including phenoxy) is 1. The summed E-state index contributed by atoms with van der Waals surface area (Å²) < 4.78 is 5.10. The smallest absolute Gasteiger partial charge is 0.220 e. The molecule has 0 aliphatic carbocycles. The Morgan fingerprint density at radius 3 is 2.47 bits per heavy atom. The van der Waals surface area contributed by atoms with Gasteiger partial charge >= 0.3 is 0 Å². The van der Waals surface area contributed by atoms with Gasteiger partial charge < -0.3 is 10.1 Å². The number of carbonyl (C=O) groups is 1. The van der Waals surface area contributed by atoms with Crippen molar-refractivity contribution in [3.8, 4) is 5.75 Å². The molecule has 0 radical (unpaired) electrons. The highest BCUT2D eigenvalue weighted by molar-refractivity contribution is 9.09. The lowest BCUT2D eigenvalue weighted by Crippen LogP contribution is -2.43. The number of nitrogens with one attached hydrogen (secondary N) is 1. The van der Waals surface area contributed by atoms with Gasteiger partial charge in [0.15, 0.2) is 0 Å². The van der Waals surface area contributed by atoms with Gasteiger partial charge in [-0.1, -0.05) is 28.1 Å². The number of halogens is 1. The number of aryl methyl sites for hydroxylation is 1. The molecule has 1 aromatic carbocycles. The SMILES string of the molecule is COc1ccc(CCC(=O)NC(C)(C)CCBr)cc1. The number of carbonyl (C=O) groups excluding carboxylic acids is 1. The lowest BCUT2D eigenvalue weighted by Gasteiger charge is -2.25. The van der Waals surface area contributed by atoms with Crippen LogP contribution in [0, 0.1) is 0 Å². The van der Waals surface area contributed by atoms with Gasteiger partial charge in [0.05, 0.1) is 7.11 Å². The zero-order valence-corrected chi connectivity index (χ0v) is 13.4. The summed E-state index contributed by atoms with van der Waals surface area (Å²) in [4.78, 5) is 11.9. The second-order valence-electron chi connectivity index (χ2n) is 5.22. The molecule has 0 atom stereocenters. The highest BCUT2D eigenvalue weighted by Crippen LogP contribution is 2.14. The molecule has 106 valence electrons. The Labute approximate surface area is 123 Å². The third kappa shape index (κ3) is 6.10. The molecule has 4 heteroatoms. The number of methoxy groups -OCH3 is 1. The van der Waals surface area contributed by atoms with Crippen molar-refractivity contribution in [1.29, 1.82) is 0 Å². The summed E-state index contributed by atoms with van der Waals surface area (Å²) in [5.41, 5.74) is 0.995. The second kappa shape index (κ2) is 7.53. The molecule has 0 unspecified atom stereocenters. The Bertz CT molecular complexity index is 401. The average Bonchev–Trinajstić information content (AvgIpc) is 2.36. The fraction of sp³-hybridized carbons (Fsp3) is 0.533. The van der Waals surface area contributed by atoms with E-state index >= 15 is 0 Å². The second-order valence-corrected chi connectivity index (χ2v) is 6.01. The first kappa shape index (κ1) is 16.0. The van der Waals surface area contributed by atoms with E-state index in [-0.39, 0.29) is 11.4 Å². The Morgan fingerprint density at radius 2 is 1.95 bits per heavy atom. The van der Waals surface area contributed by atoms with Crippen molar-refractivity contribution in [3.63, 3.8) is 0 Å². The van der Waals surface area contributed by atoms with Gasteiger partial charge in [0.25, 0.3) is 0 Å². The van der Waals surface area contributed by atoms with Crippen LogP contribution in [0.5, 0.6) is 5.75 Å². The summed E-state index contributed by atoms with van der Waals surface area (Å²) in [6, 6.07) is 7.83. The van der Waals surface area contributed by atoms with E-state index in [2.05, 4.69) is 21.2 Å². The van der Waals surface area contributed by atoms with E-state index in [4.69, 9.17) is 4.74 Å². The summed E-state index contributed by atoms with van der Waals surface area (Å²) in [6.07, 6.45) is 2.18. The van der Waals surface area contributed by atoms with Crippen molar-refractivity contribution >= 4 is 21.8 Å². The highest BCUT2D eigenvalue weighted by Gasteiger charge is 2.18. The average molecular weight is 328 g/mol. The van der Waals surface area contributed by atoms with Crippen LogP contribution in [-0.2, 0) is 11.2 Å². The van der Waals surface area contributed by atoms with Gasteiger partial charge in [-0.25, -0.2) is 0 Å². The van der Waals surface area contributed by atoms with Crippen LogP contribution in [0.2, 0.25) is 0 Å². The first-order chi connectivity index (χ1) is 8.96. The van der Waals surface area contributed by atoms with Crippen molar-refractivity contribution in [1.82, 2.24) is 5.32 Å². The van der Waals surface area contributed by atoms with E-state index < -0.39 is 0 Å². The predicted molar refractivity (Wildman–Crippen MR) is 81.9 cm³/mol. The molecule has 0 aliphatic rings. The van der Waals surface area contributed by atoms with E-state index in [0.29, 0.717) is 6.42 Å². The predicted octanol–water partition coefficient (Wildman–Crippen LogP) is 3.31. The molecule has 0 aliphatic heterocycles. The topological polar surface area (TPSA) is 38.3 Å². The van der Waals surface area contributed by atoms with Crippen molar-refractivity contribution < 1.29 is 9.53 Å². The van der Waals surface area contributed by atoms with Gasteiger partial charge in [-0.15, -0.1) is 0 Å². The van der Waals surface area contributed by atoms with Crippen LogP contribution in [0.3, 0.4) is 0 Å². The molecule has 0 saturated heterocycles. The Hall–Kier alpha value is -1.03. The minimum Gasteiger partial charge on any atom is -0.497 e. The normalized spacial score (nSPS) is 11.2. The summed E-state index contributed by atoms with van der Waals surface area (Å²) in [5, 5.41) is 3.94. The molecule has 0 heterocycles. The number of benzene rings is 1.